The highest BCUT2D eigenvalue weighted by Crippen LogP contribution is 2.31. The molecule has 2 N–H and O–H groups in total. The fourth-order valence-electron chi connectivity index (χ4n) is 1.89. The Hall–Kier alpha value is -1.77. The number of ketones is 1. The van der Waals surface area contributed by atoms with Crippen LogP contribution in [0.1, 0.15) is 24.3 Å². The summed E-state index contributed by atoms with van der Waals surface area (Å²) in [5.74, 6) is 0.232. The number of aromatic hydroxyl groups is 1. The topological polar surface area (TPSA) is 57.5 Å². The van der Waals surface area contributed by atoms with Gasteiger partial charge in [0.05, 0.1) is 5.76 Å². The molecule has 0 fully saturated rings. The number of hydrogen-bond acceptors (Lipinski definition) is 3. The summed E-state index contributed by atoms with van der Waals surface area (Å²) >= 11 is 0. The third-order valence-electron chi connectivity index (χ3n) is 2.57. The molecule has 1 aromatic rings. The first kappa shape index (κ1) is 9.77. The van der Waals surface area contributed by atoms with Crippen molar-refractivity contribution in [2.75, 3.05) is 0 Å². The lowest BCUT2D eigenvalue weighted by atomic mass is 9.86. The van der Waals surface area contributed by atoms with Gasteiger partial charge in [0.25, 0.3) is 0 Å². The van der Waals surface area contributed by atoms with Gasteiger partial charge in [-0.3, -0.25) is 4.79 Å². The number of carbonyl (C=O) groups is 1. The molecule has 0 aliphatic heterocycles. The SMILES string of the molecule is O=C1C=C(O)CC(c2cccc(O)c2)C1. The van der Waals surface area contributed by atoms with Crippen LogP contribution >= 0.6 is 0 Å². The molecule has 2 rings (SSSR count). The molecule has 0 radical (unpaired) electrons. The van der Waals surface area contributed by atoms with Gasteiger partial charge in [-0.2, -0.15) is 0 Å². The van der Waals surface area contributed by atoms with Gasteiger partial charge in [0.15, 0.2) is 5.78 Å². The van der Waals surface area contributed by atoms with Crippen molar-refractivity contribution in [1.82, 2.24) is 0 Å². The molecular formula is C12H12O3. The van der Waals surface area contributed by atoms with E-state index in [9.17, 15) is 15.0 Å². The number of benzene rings is 1. The molecule has 0 spiro atoms. The van der Waals surface area contributed by atoms with Crippen LogP contribution in [0.4, 0.5) is 0 Å². The lowest BCUT2D eigenvalue weighted by molar-refractivity contribution is -0.115. The van der Waals surface area contributed by atoms with E-state index in [1.165, 1.54) is 6.08 Å². The van der Waals surface area contributed by atoms with Crippen molar-refractivity contribution in [2.45, 2.75) is 18.8 Å². The maximum atomic E-state index is 11.2. The molecule has 0 amide bonds. The summed E-state index contributed by atoms with van der Waals surface area (Å²) < 4.78 is 0. The van der Waals surface area contributed by atoms with E-state index in [4.69, 9.17) is 0 Å². The van der Waals surface area contributed by atoms with Crippen LogP contribution in [0, 0.1) is 0 Å². The zero-order valence-corrected chi connectivity index (χ0v) is 8.18. The molecule has 0 saturated heterocycles. The molecule has 15 heavy (non-hydrogen) atoms. The van der Waals surface area contributed by atoms with Gasteiger partial charge in [0.2, 0.25) is 0 Å². The summed E-state index contributed by atoms with van der Waals surface area (Å²) in [6.45, 7) is 0. The summed E-state index contributed by atoms with van der Waals surface area (Å²) in [7, 11) is 0. The average molecular weight is 204 g/mol. The molecule has 1 aliphatic carbocycles. The summed E-state index contributed by atoms with van der Waals surface area (Å²) in [4.78, 5) is 11.2. The lowest BCUT2D eigenvalue weighted by Crippen LogP contribution is -2.12. The van der Waals surface area contributed by atoms with E-state index in [2.05, 4.69) is 0 Å². The van der Waals surface area contributed by atoms with Crippen LogP contribution in [0.25, 0.3) is 0 Å². The molecule has 0 heterocycles. The highest BCUT2D eigenvalue weighted by Gasteiger charge is 2.21. The van der Waals surface area contributed by atoms with Crippen molar-refractivity contribution in [1.29, 1.82) is 0 Å². The van der Waals surface area contributed by atoms with Crippen molar-refractivity contribution in [3.8, 4) is 5.75 Å². The Morgan fingerprint density at radius 1 is 1.20 bits per heavy atom. The number of phenolic OH excluding ortho intramolecular Hbond substituents is 1. The smallest absolute Gasteiger partial charge is 0.159 e. The van der Waals surface area contributed by atoms with Gasteiger partial charge in [-0.15, -0.1) is 0 Å². The molecule has 1 unspecified atom stereocenters. The van der Waals surface area contributed by atoms with Gasteiger partial charge in [-0.05, 0) is 23.6 Å². The van der Waals surface area contributed by atoms with E-state index >= 15 is 0 Å². The first-order valence-electron chi connectivity index (χ1n) is 4.86. The third-order valence-corrected chi connectivity index (χ3v) is 2.57. The normalized spacial score (nSPS) is 21.2. The van der Waals surface area contributed by atoms with Gasteiger partial charge in [-0.25, -0.2) is 0 Å². The first-order valence-corrected chi connectivity index (χ1v) is 4.86. The standard InChI is InChI=1S/C12H12O3/c13-10-3-1-2-8(4-10)9-5-11(14)7-12(15)6-9/h1-4,7,9,13-14H,5-6H2. The monoisotopic (exact) mass is 204 g/mol. The van der Waals surface area contributed by atoms with Crippen molar-refractivity contribution in [3.63, 3.8) is 0 Å². The average Bonchev–Trinajstić information content (AvgIpc) is 2.16. The predicted octanol–water partition coefficient (Wildman–Crippen LogP) is 2.28. The summed E-state index contributed by atoms with van der Waals surface area (Å²) in [6, 6.07) is 6.82. The Balaban J connectivity index is 2.26. The Morgan fingerprint density at radius 2 is 2.00 bits per heavy atom. The zero-order chi connectivity index (χ0) is 10.8. The fourth-order valence-corrected chi connectivity index (χ4v) is 1.89. The highest BCUT2D eigenvalue weighted by atomic mass is 16.3. The number of aliphatic hydroxyl groups is 1. The van der Waals surface area contributed by atoms with Crippen molar-refractivity contribution in [3.05, 3.63) is 41.7 Å². The van der Waals surface area contributed by atoms with Crippen molar-refractivity contribution < 1.29 is 15.0 Å². The second kappa shape index (κ2) is 3.77. The highest BCUT2D eigenvalue weighted by molar-refractivity contribution is 5.91. The van der Waals surface area contributed by atoms with E-state index in [1.807, 2.05) is 6.07 Å². The van der Waals surface area contributed by atoms with Crippen molar-refractivity contribution in [2.24, 2.45) is 0 Å². The largest absolute Gasteiger partial charge is 0.512 e. The Morgan fingerprint density at radius 3 is 2.67 bits per heavy atom. The van der Waals surface area contributed by atoms with Crippen LogP contribution in [0.5, 0.6) is 5.75 Å². The zero-order valence-electron chi connectivity index (χ0n) is 8.18. The molecule has 3 nitrogen and oxygen atoms in total. The third kappa shape index (κ3) is 2.18. The summed E-state index contributed by atoms with van der Waals surface area (Å²) in [5.41, 5.74) is 0.892. The molecule has 3 heteroatoms. The first-order chi connectivity index (χ1) is 7.15. The number of rotatable bonds is 1. The van der Waals surface area contributed by atoms with E-state index in [-0.39, 0.29) is 23.2 Å². The van der Waals surface area contributed by atoms with E-state index in [0.717, 1.165) is 5.56 Å². The van der Waals surface area contributed by atoms with Crippen LogP contribution in [0.2, 0.25) is 0 Å². The van der Waals surface area contributed by atoms with Gasteiger partial charge in [-0.1, -0.05) is 12.1 Å². The van der Waals surface area contributed by atoms with Gasteiger partial charge in [0, 0.05) is 18.9 Å². The molecular weight excluding hydrogens is 192 g/mol. The Bertz CT molecular complexity index is 421. The maximum Gasteiger partial charge on any atom is 0.159 e. The molecule has 0 bridgehead atoms. The van der Waals surface area contributed by atoms with Crippen LogP contribution in [0.15, 0.2) is 36.1 Å². The van der Waals surface area contributed by atoms with Gasteiger partial charge >= 0.3 is 0 Å². The Labute approximate surface area is 87.7 Å². The van der Waals surface area contributed by atoms with Gasteiger partial charge in [0.1, 0.15) is 5.75 Å². The van der Waals surface area contributed by atoms with Crippen molar-refractivity contribution >= 4 is 5.78 Å². The van der Waals surface area contributed by atoms with Crippen LogP contribution < -0.4 is 0 Å². The number of allylic oxidation sites excluding steroid dienone is 2. The van der Waals surface area contributed by atoms with Crippen LogP contribution in [0.3, 0.4) is 0 Å². The van der Waals surface area contributed by atoms with E-state index < -0.39 is 0 Å². The number of carbonyl (C=O) groups excluding carboxylic acids is 1. The number of hydrogen-bond donors (Lipinski definition) is 2. The molecule has 1 atom stereocenters. The quantitative estimate of drug-likeness (QED) is 0.737. The molecule has 1 aliphatic rings. The lowest BCUT2D eigenvalue weighted by Gasteiger charge is -2.19. The molecule has 0 saturated carbocycles. The Kier molecular flexibility index (Phi) is 2.46. The second-order valence-electron chi connectivity index (χ2n) is 3.80. The summed E-state index contributed by atoms with van der Waals surface area (Å²) in [6.07, 6.45) is 2.14. The summed E-state index contributed by atoms with van der Waals surface area (Å²) in [5, 5.41) is 18.7. The number of phenols is 1. The van der Waals surface area contributed by atoms with E-state index in [1.54, 1.807) is 18.2 Å². The van der Waals surface area contributed by atoms with Crippen LogP contribution in [-0.4, -0.2) is 16.0 Å². The molecule has 0 aromatic heterocycles. The minimum Gasteiger partial charge on any atom is -0.512 e. The van der Waals surface area contributed by atoms with Crippen LogP contribution in [-0.2, 0) is 4.79 Å². The predicted molar refractivity (Wildman–Crippen MR) is 55.8 cm³/mol. The van der Waals surface area contributed by atoms with E-state index in [0.29, 0.717) is 12.8 Å². The molecule has 1 aromatic carbocycles. The molecule has 78 valence electrons. The van der Waals surface area contributed by atoms with Gasteiger partial charge < -0.3 is 10.2 Å². The minimum atomic E-state index is -0.0629. The maximum absolute atomic E-state index is 11.2. The second-order valence-corrected chi connectivity index (χ2v) is 3.80. The number of aliphatic hydroxyl groups excluding tert-OH is 1. The minimum absolute atomic E-state index is 0.0189. The fraction of sp³-hybridized carbons (Fsp3) is 0.250.